The number of hydrogen-bond acceptors (Lipinski definition) is 7. The summed E-state index contributed by atoms with van der Waals surface area (Å²) in [6, 6.07) is 15.9. The van der Waals surface area contributed by atoms with E-state index in [0.29, 0.717) is 22.2 Å². The molecular weight excluding hydrogens is 404 g/mol. The Bertz CT molecular complexity index is 1020. The molecule has 0 aliphatic carbocycles. The number of benzene rings is 2. The van der Waals surface area contributed by atoms with Crippen LogP contribution >= 0.6 is 11.8 Å². The van der Waals surface area contributed by atoms with Crippen LogP contribution in [0.3, 0.4) is 0 Å². The minimum absolute atomic E-state index is 0.0741. The highest BCUT2D eigenvalue weighted by Crippen LogP contribution is 2.30. The Hall–Kier alpha value is -3.46. The second-order valence-corrected chi connectivity index (χ2v) is 7.09. The molecule has 0 atom stereocenters. The van der Waals surface area contributed by atoms with Crippen molar-refractivity contribution >= 4 is 35.3 Å². The van der Waals surface area contributed by atoms with Crippen molar-refractivity contribution in [2.24, 2.45) is 0 Å². The molecule has 0 spiro atoms. The Labute approximate surface area is 178 Å². The van der Waals surface area contributed by atoms with Crippen LogP contribution in [0.5, 0.6) is 5.75 Å². The number of nitrogen functional groups attached to an aromatic ring is 1. The van der Waals surface area contributed by atoms with Gasteiger partial charge in [-0.2, -0.15) is 9.78 Å². The number of anilines is 2. The third kappa shape index (κ3) is 4.93. The number of methoxy groups -OCH3 is 1. The summed E-state index contributed by atoms with van der Waals surface area (Å²) in [5.41, 5.74) is 7.78. The molecule has 30 heavy (non-hydrogen) atoms. The zero-order chi connectivity index (χ0) is 21.5. The molecule has 9 heteroatoms. The van der Waals surface area contributed by atoms with Gasteiger partial charge in [-0.1, -0.05) is 42.1 Å². The van der Waals surface area contributed by atoms with Crippen LogP contribution in [-0.4, -0.2) is 35.5 Å². The maximum absolute atomic E-state index is 12.7. The maximum Gasteiger partial charge on any atom is 0.348 e. The van der Waals surface area contributed by atoms with Crippen molar-refractivity contribution in [2.75, 3.05) is 24.8 Å². The number of carbonyl (C=O) groups is 2. The lowest BCUT2D eigenvalue weighted by Gasteiger charge is -2.07. The lowest BCUT2D eigenvalue weighted by Crippen LogP contribution is -2.22. The van der Waals surface area contributed by atoms with Gasteiger partial charge in [0.2, 0.25) is 0 Å². The number of nitrogens with two attached hydrogens (primary N) is 1. The van der Waals surface area contributed by atoms with E-state index in [1.54, 1.807) is 38.3 Å². The summed E-state index contributed by atoms with van der Waals surface area (Å²) in [5, 5.41) is 7.31. The minimum Gasteiger partial charge on any atom is -0.497 e. The highest BCUT2D eigenvalue weighted by molar-refractivity contribution is 7.98. The fourth-order valence-corrected chi connectivity index (χ4v) is 3.61. The SMILES string of the molecule is CCOC(=O)c1c(SCc2ccccc2)nn(C(=O)Nc2ccc(OC)cc2)c1N. The number of hydrogen-bond donors (Lipinski definition) is 2. The second kappa shape index (κ2) is 9.84. The van der Waals surface area contributed by atoms with E-state index >= 15 is 0 Å². The predicted molar refractivity (Wildman–Crippen MR) is 116 cm³/mol. The third-order valence-electron chi connectivity index (χ3n) is 4.12. The van der Waals surface area contributed by atoms with Gasteiger partial charge in [-0.3, -0.25) is 0 Å². The van der Waals surface area contributed by atoms with Crippen LogP contribution in [0, 0.1) is 0 Å². The Morgan fingerprint density at radius 1 is 1.13 bits per heavy atom. The zero-order valence-corrected chi connectivity index (χ0v) is 17.4. The van der Waals surface area contributed by atoms with Crippen LogP contribution < -0.4 is 15.8 Å². The largest absolute Gasteiger partial charge is 0.497 e. The van der Waals surface area contributed by atoms with Crippen LogP contribution in [0.2, 0.25) is 0 Å². The van der Waals surface area contributed by atoms with Crippen molar-refractivity contribution in [3.63, 3.8) is 0 Å². The van der Waals surface area contributed by atoms with E-state index in [4.69, 9.17) is 15.2 Å². The van der Waals surface area contributed by atoms with Crippen LogP contribution in [0.15, 0.2) is 59.6 Å². The fraction of sp³-hybridized carbons (Fsp3) is 0.190. The molecule has 0 unspecified atom stereocenters. The van der Waals surface area contributed by atoms with E-state index in [0.717, 1.165) is 10.2 Å². The number of aromatic nitrogens is 2. The van der Waals surface area contributed by atoms with E-state index in [1.807, 2.05) is 30.3 Å². The highest BCUT2D eigenvalue weighted by atomic mass is 32.2. The first-order chi connectivity index (χ1) is 14.5. The number of nitrogens with zero attached hydrogens (tertiary/aromatic N) is 2. The summed E-state index contributed by atoms with van der Waals surface area (Å²) in [4.78, 5) is 25.2. The second-order valence-electron chi connectivity index (χ2n) is 6.13. The molecule has 3 rings (SSSR count). The zero-order valence-electron chi connectivity index (χ0n) is 16.6. The minimum atomic E-state index is -0.617. The fourth-order valence-electron chi connectivity index (χ4n) is 2.64. The van der Waals surface area contributed by atoms with Crippen LogP contribution in [0.1, 0.15) is 22.8 Å². The Morgan fingerprint density at radius 2 is 1.83 bits per heavy atom. The van der Waals surface area contributed by atoms with Gasteiger partial charge in [0.25, 0.3) is 0 Å². The van der Waals surface area contributed by atoms with Crippen LogP contribution in [-0.2, 0) is 10.5 Å². The van der Waals surface area contributed by atoms with Crippen molar-refractivity contribution in [1.82, 2.24) is 9.78 Å². The summed E-state index contributed by atoms with van der Waals surface area (Å²) in [6.07, 6.45) is 0. The normalized spacial score (nSPS) is 10.5. The topological polar surface area (TPSA) is 108 Å². The molecule has 0 fully saturated rings. The van der Waals surface area contributed by atoms with Crippen molar-refractivity contribution in [3.05, 3.63) is 65.7 Å². The first kappa shape index (κ1) is 21.3. The quantitative estimate of drug-likeness (QED) is 0.434. The maximum atomic E-state index is 12.7. The molecule has 0 saturated heterocycles. The summed E-state index contributed by atoms with van der Waals surface area (Å²) in [7, 11) is 1.56. The van der Waals surface area contributed by atoms with Gasteiger partial charge in [-0.25, -0.2) is 9.59 Å². The summed E-state index contributed by atoms with van der Waals surface area (Å²) in [6.45, 7) is 1.88. The van der Waals surface area contributed by atoms with Crippen LogP contribution in [0.4, 0.5) is 16.3 Å². The summed E-state index contributed by atoms with van der Waals surface area (Å²) < 4.78 is 11.2. The smallest absolute Gasteiger partial charge is 0.348 e. The van der Waals surface area contributed by atoms with Gasteiger partial charge in [-0.15, -0.1) is 0 Å². The van der Waals surface area contributed by atoms with Gasteiger partial charge in [0.05, 0.1) is 13.7 Å². The molecule has 0 saturated carbocycles. The van der Waals surface area contributed by atoms with E-state index in [1.165, 1.54) is 11.8 Å². The van der Waals surface area contributed by atoms with Crippen molar-refractivity contribution in [3.8, 4) is 5.75 Å². The molecule has 0 aliphatic rings. The lowest BCUT2D eigenvalue weighted by atomic mass is 10.2. The molecule has 1 heterocycles. The standard InChI is InChI=1S/C21H22N4O4S/c1-3-29-20(26)17-18(22)25(21(27)23-15-9-11-16(28-2)12-10-15)24-19(17)30-13-14-7-5-4-6-8-14/h4-12H,3,13,22H2,1-2H3,(H,23,27). The van der Waals surface area contributed by atoms with Crippen molar-refractivity contribution < 1.29 is 19.1 Å². The first-order valence-corrected chi connectivity index (χ1v) is 10.2. The Balaban J connectivity index is 1.85. The summed E-state index contributed by atoms with van der Waals surface area (Å²) in [5.74, 6) is 0.531. The molecule has 8 nitrogen and oxygen atoms in total. The van der Waals surface area contributed by atoms with E-state index in [9.17, 15) is 9.59 Å². The average molecular weight is 426 g/mol. The molecule has 0 aliphatic heterocycles. The van der Waals surface area contributed by atoms with Crippen LogP contribution in [0.25, 0.3) is 0 Å². The lowest BCUT2D eigenvalue weighted by molar-refractivity contribution is 0.0523. The monoisotopic (exact) mass is 426 g/mol. The van der Waals surface area contributed by atoms with E-state index in [-0.39, 0.29) is 18.0 Å². The Morgan fingerprint density at radius 3 is 2.47 bits per heavy atom. The molecule has 1 aromatic heterocycles. The van der Waals surface area contributed by atoms with E-state index in [2.05, 4.69) is 10.4 Å². The summed E-state index contributed by atoms with van der Waals surface area (Å²) >= 11 is 1.31. The van der Waals surface area contributed by atoms with Gasteiger partial charge >= 0.3 is 12.0 Å². The van der Waals surface area contributed by atoms with Gasteiger partial charge in [0.1, 0.15) is 22.2 Å². The van der Waals surface area contributed by atoms with Gasteiger partial charge in [-0.05, 0) is 36.8 Å². The number of ether oxygens (including phenoxy) is 2. The number of amides is 1. The number of rotatable bonds is 7. The van der Waals surface area contributed by atoms with Gasteiger partial charge in [0.15, 0.2) is 0 Å². The number of thioether (sulfide) groups is 1. The molecule has 0 radical (unpaired) electrons. The van der Waals surface area contributed by atoms with Gasteiger partial charge in [0, 0.05) is 11.4 Å². The van der Waals surface area contributed by atoms with Crippen molar-refractivity contribution in [2.45, 2.75) is 17.7 Å². The van der Waals surface area contributed by atoms with Gasteiger partial charge < -0.3 is 20.5 Å². The molecule has 3 aromatic rings. The molecule has 2 aromatic carbocycles. The third-order valence-corrected chi connectivity index (χ3v) is 5.16. The predicted octanol–water partition coefficient (Wildman–Crippen LogP) is 4.02. The molecule has 156 valence electrons. The van der Waals surface area contributed by atoms with E-state index < -0.39 is 12.0 Å². The van der Waals surface area contributed by atoms with Crippen molar-refractivity contribution in [1.29, 1.82) is 0 Å². The molecule has 1 amide bonds. The molecule has 0 bridgehead atoms. The first-order valence-electron chi connectivity index (χ1n) is 9.21. The highest BCUT2D eigenvalue weighted by Gasteiger charge is 2.26. The molecular formula is C21H22N4O4S. The Kier molecular flexibility index (Phi) is 6.97. The molecule has 3 N–H and O–H groups in total. The average Bonchev–Trinajstić information content (AvgIpc) is 3.10. The number of esters is 1. The number of nitrogens with one attached hydrogen (secondary N) is 1. The number of carbonyl (C=O) groups excluding carboxylic acids is 2.